The fourth-order valence-corrected chi connectivity index (χ4v) is 0.772. The Hall–Kier alpha value is -1.56. The van der Waals surface area contributed by atoms with Gasteiger partial charge < -0.3 is 5.32 Å². The van der Waals surface area contributed by atoms with Crippen LogP contribution in [0.4, 0.5) is 10.1 Å². The number of hydrogen-bond acceptors (Lipinski definition) is 2. The zero-order chi connectivity index (χ0) is 10.1. The van der Waals surface area contributed by atoms with Crippen LogP contribution in [0.5, 0.6) is 0 Å². The van der Waals surface area contributed by atoms with Crippen molar-refractivity contribution >= 4 is 5.69 Å². The van der Waals surface area contributed by atoms with Gasteiger partial charge in [0.15, 0.2) is 0 Å². The first-order valence-electron chi connectivity index (χ1n) is 4.04. The smallest absolute Gasteiger partial charge is 0.123 e. The molecule has 0 aliphatic carbocycles. The van der Waals surface area contributed by atoms with Crippen molar-refractivity contribution < 1.29 is 4.39 Å². The van der Waals surface area contributed by atoms with E-state index in [1.807, 2.05) is 6.92 Å². The molecule has 70 valence electrons. The van der Waals surface area contributed by atoms with E-state index in [4.69, 9.17) is 5.26 Å². The van der Waals surface area contributed by atoms with E-state index in [0.29, 0.717) is 0 Å². The summed E-state index contributed by atoms with van der Waals surface area (Å²) in [6, 6.07) is 8.08. The van der Waals surface area contributed by atoms with Crippen LogP contribution in [0.2, 0.25) is 0 Å². The fraction of sp³-hybridized carbons (Fsp3) is 0.300. The zero-order valence-electron chi connectivity index (χ0n) is 7.84. The number of nitrogens with zero attached hydrogens (tertiary/aromatic N) is 1. The summed E-state index contributed by atoms with van der Waals surface area (Å²) in [5, 5.41) is 10.4. The van der Waals surface area contributed by atoms with Gasteiger partial charge in [0.2, 0.25) is 0 Å². The van der Waals surface area contributed by atoms with E-state index in [-0.39, 0.29) is 5.82 Å². The van der Waals surface area contributed by atoms with E-state index < -0.39 is 0 Å². The predicted octanol–water partition coefficient (Wildman–Crippen LogP) is 2.79. The lowest BCUT2D eigenvalue weighted by Crippen LogP contribution is -1.95. The Balaban J connectivity index is 0.000000424. The number of halogens is 1. The van der Waals surface area contributed by atoms with Gasteiger partial charge in [0.25, 0.3) is 0 Å². The lowest BCUT2D eigenvalue weighted by Gasteiger charge is -2.00. The zero-order valence-corrected chi connectivity index (χ0v) is 7.84. The molecule has 0 saturated heterocycles. The van der Waals surface area contributed by atoms with Gasteiger partial charge in [0, 0.05) is 19.2 Å². The van der Waals surface area contributed by atoms with Crippen molar-refractivity contribution in [2.24, 2.45) is 0 Å². The molecule has 0 unspecified atom stereocenters. The summed E-state index contributed by atoms with van der Waals surface area (Å²) in [6.07, 6.45) is 0. The van der Waals surface area contributed by atoms with Gasteiger partial charge in [-0.2, -0.15) is 5.26 Å². The quantitative estimate of drug-likeness (QED) is 0.759. The van der Waals surface area contributed by atoms with Gasteiger partial charge in [-0.25, -0.2) is 4.39 Å². The van der Waals surface area contributed by atoms with E-state index >= 15 is 0 Å². The minimum Gasteiger partial charge on any atom is -0.385 e. The summed E-state index contributed by atoms with van der Waals surface area (Å²) in [5.74, 6) is -0.193. The normalized spacial score (nSPS) is 7.85. The molecule has 3 heteroatoms. The molecule has 0 aliphatic heterocycles. The molecule has 1 N–H and O–H groups in total. The molecule has 0 aromatic heterocycles. The van der Waals surface area contributed by atoms with Crippen molar-refractivity contribution in [3.05, 3.63) is 30.1 Å². The fourth-order valence-electron chi connectivity index (χ4n) is 0.772. The molecule has 0 atom stereocenters. The highest BCUT2D eigenvalue weighted by molar-refractivity contribution is 5.42. The Labute approximate surface area is 78.0 Å². The lowest BCUT2D eigenvalue weighted by molar-refractivity contribution is 0.628. The third-order valence-corrected chi connectivity index (χ3v) is 1.23. The molecule has 1 rings (SSSR count). The van der Waals surface area contributed by atoms with E-state index in [9.17, 15) is 4.39 Å². The molecule has 2 nitrogen and oxygen atoms in total. The summed E-state index contributed by atoms with van der Waals surface area (Å²) in [4.78, 5) is 0. The van der Waals surface area contributed by atoms with E-state index in [1.54, 1.807) is 18.2 Å². The molecule has 0 amide bonds. The van der Waals surface area contributed by atoms with Crippen LogP contribution < -0.4 is 5.32 Å². The summed E-state index contributed by atoms with van der Waals surface area (Å²) < 4.78 is 12.3. The van der Waals surface area contributed by atoms with Crippen molar-refractivity contribution in [3.63, 3.8) is 0 Å². The number of nitrogens with one attached hydrogen (secondary N) is 1. The molecule has 1 aromatic carbocycles. The van der Waals surface area contributed by atoms with Crippen LogP contribution in [0.25, 0.3) is 0 Å². The Morgan fingerprint density at radius 1 is 1.38 bits per heavy atom. The second kappa shape index (κ2) is 7.11. The monoisotopic (exact) mass is 180 g/mol. The average Bonchev–Trinajstić information content (AvgIpc) is 2.11. The maximum absolute atomic E-state index is 12.3. The molecule has 0 fully saturated rings. The van der Waals surface area contributed by atoms with Crippen molar-refractivity contribution in [2.45, 2.75) is 13.8 Å². The highest BCUT2D eigenvalue weighted by Gasteiger charge is 1.88. The van der Waals surface area contributed by atoms with Crippen LogP contribution in [0.3, 0.4) is 0 Å². The Kier molecular flexibility index (Phi) is 6.26. The van der Waals surface area contributed by atoms with E-state index in [2.05, 4.69) is 5.32 Å². The van der Waals surface area contributed by atoms with Crippen molar-refractivity contribution in [1.29, 1.82) is 5.26 Å². The standard InChI is InChI=1S/C8H10FN.C2H3N/c1-2-10-8-5-3-7(9)4-6-8;1-2-3/h3-6,10H,2H2,1H3;1H3. The largest absolute Gasteiger partial charge is 0.385 e. The van der Waals surface area contributed by atoms with Gasteiger partial charge in [-0.05, 0) is 31.2 Å². The first kappa shape index (κ1) is 11.4. The molecular weight excluding hydrogens is 167 g/mol. The molecule has 0 radical (unpaired) electrons. The Morgan fingerprint density at radius 3 is 2.23 bits per heavy atom. The van der Waals surface area contributed by atoms with Crippen LogP contribution in [0, 0.1) is 17.1 Å². The molecular formula is C10H13FN2. The summed E-state index contributed by atoms with van der Waals surface area (Å²) >= 11 is 0. The Bertz CT molecular complexity index is 261. The predicted molar refractivity (Wildman–Crippen MR) is 51.9 cm³/mol. The molecule has 0 saturated carbocycles. The first-order valence-corrected chi connectivity index (χ1v) is 4.04. The number of rotatable bonds is 2. The molecule has 0 bridgehead atoms. The molecule has 0 heterocycles. The van der Waals surface area contributed by atoms with Crippen LogP contribution in [-0.4, -0.2) is 6.54 Å². The van der Waals surface area contributed by atoms with Gasteiger partial charge in [-0.3, -0.25) is 0 Å². The second-order valence-corrected chi connectivity index (χ2v) is 2.26. The van der Waals surface area contributed by atoms with Gasteiger partial charge in [-0.15, -0.1) is 0 Å². The Morgan fingerprint density at radius 2 is 1.85 bits per heavy atom. The first-order chi connectivity index (χ1) is 6.24. The summed E-state index contributed by atoms with van der Waals surface area (Å²) in [6.45, 7) is 4.30. The summed E-state index contributed by atoms with van der Waals surface area (Å²) in [5.41, 5.74) is 0.962. The van der Waals surface area contributed by atoms with Crippen molar-refractivity contribution in [1.82, 2.24) is 0 Å². The summed E-state index contributed by atoms with van der Waals surface area (Å²) in [7, 11) is 0. The van der Waals surface area contributed by atoms with Crippen LogP contribution >= 0.6 is 0 Å². The topological polar surface area (TPSA) is 35.8 Å². The van der Waals surface area contributed by atoms with Crippen molar-refractivity contribution in [2.75, 3.05) is 11.9 Å². The minimum atomic E-state index is -0.193. The van der Waals surface area contributed by atoms with Crippen molar-refractivity contribution in [3.8, 4) is 6.07 Å². The molecule has 1 aromatic rings. The third kappa shape index (κ3) is 5.68. The number of hydrogen-bond donors (Lipinski definition) is 1. The second-order valence-electron chi connectivity index (χ2n) is 2.26. The molecule has 0 aliphatic rings. The van der Waals surface area contributed by atoms with Gasteiger partial charge in [-0.1, -0.05) is 0 Å². The third-order valence-electron chi connectivity index (χ3n) is 1.23. The molecule has 13 heavy (non-hydrogen) atoms. The van der Waals surface area contributed by atoms with Gasteiger partial charge >= 0.3 is 0 Å². The number of benzene rings is 1. The number of anilines is 1. The number of nitriles is 1. The van der Waals surface area contributed by atoms with Crippen LogP contribution in [0.15, 0.2) is 24.3 Å². The van der Waals surface area contributed by atoms with E-state index in [0.717, 1.165) is 12.2 Å². The van der Waals surface area contributed by atoms with Gasteiger partial charge in [0.05, 0.1) is 6.07 Å². The average molecular weight is 180 g/mol. The van der Waals surface area contributed by atoms with Crippen LogP contribution in [-0.2, 0) is 0 Å². The highest BCUT2D eigenvalue weighted by Crippen LogP contribution is 2.06. The maximum atomic E-state index is 12.3. The SMILES string of the molecule is CC#N.CCNc1ccc(F)cc1. The maximum Gasteiger partial charge on any atom is 0.123 e. The highest BCUT2D eigenvalue weighted by atomic mass is 19.1. The van der Waals surface area contributed by atoms with Crippen LogP contribution in [0.1, 0.15) is 13.8 Å². The molecule has 0 spiro atoms. The minimum absolute atomic E-state index is 0.193. The lowest BCUT2D eigenvalue weighted by atomic mass is 10.3. The van der Waals surface area contributed by atoms with E-state index in [1.165, 1.54) is 19.1 Å². The van der Waals surface area contributed by atoms with Gasteiger partial charge in [0.1, 0.15) is 5.82 Å².